The molecule has 0 atom stereocenters. The number of fused-ring (bicyclic) bond motifs is 9. The summed E-state index contributed by atoms with van der Waals surface area (Å²) in [5.41, 5.74) is 26.3. The lowest BCUT2D eigenvalue weighted by Gasteiger charge is -2.34. The molecule has 15 aromatic rings. The summed E-state index contributed by atoms with van der Waals surface area (Å²) in [4.78, 5) is 0. The smallest absolute Gasteiger partial charge is 0.0713 e. The van der Waals surface area contributed by atoms with Gasteiger partial charge < -0.3 is 9.13 Å². The number of rotatable bonds is 9. The first-order valence-corrected chi connectivity index (χ1v) is 28.1. The van der Waals surface area contributed by atoms with Gasteiger partial charge in [-0.05, 0) is 150 Å². The van der Waals surface area contributed by atoms with Gasteiger partial charge in [0.25, 0.3) is 0 Å². The van der Waals surface area contributed by atoms with Crippen molar-refractivity contribution in [3.8, 4) is 78.1 Å². The van der Waals surface area contributed by atoms with Crippen molar-refractivity contribution in [2.75, 3.05) is 0 Å². The van der Waals surface area contributed by atoms with Crippen molar-refractivity contribution in [2.45, 2.75) is 5.41 Å². The molecule has 13 aromatic carbocycles. The third-order valence-electron chi connectivity index (χ3n) is 17.2. The minimum Gasteiger partial charge on any atom is -0.309 e. The summed E-state index contributed by atoms with van der Waals surface area (Å²) in [6.45, 7) is 0. The largest absolute Gasteiger partial charge is 0.309 e. The van der Waals surface area contributed by atoms with Crippen LogP contribution in [0.1, 0.15) is 22.3 Å². The second kappa shape index (κ2) is 18.8. The lowest BCUT2D eigenvalue weighted by atomic mass is 9.67. The first-order valence-electron chi connectivity index (χ1n) is 28.1. The molecule has 16 rings (SSSR count). The highest BCUT2D eigenvalue weighted by atomic mass is 15.0. The molecule has 0 amide bonds. The number of hydrogen-bond donors (Lipinski definition) is 0. The van der Waals surface area contributed by atoms with Crippen molar-refractivity contribution in [1.82, 2.24) is 9.13 Å². The van der Waals surface area contributed by atoms with Crippen LogP contribution in [-0.4, -0.2) is 9.13 Å². The summed E-state index contributed by atoms with van der Waals surface area (Å²) in [7, 11) is 0. The average Bonchev–Trinajstić information content (AvgIpc) is 3.60. The van der Waals surface area contributed by atoms with E-state index in [1.54, 1.807) is 0 Å². The van der Waals surface area contributed by atoms with Crippen molar-refractivity contribution >= 4 is 43.6 Å². The molecular formula is C79H52N2. The number of nitrogens with zero attached hydrogens (tertiary/aromatic N) is 2. The molecule has 2 heterocycles. The minimum atomic E-state index is -0.443. The summed E-state index contributed by atoms with van der Waals surface area (Å²) in [6.07, 6.45) is 0. The van der Waals surface area contributed by atoms with Crippen LogP contribution < -0.4 is 0 Å². The molecule has 0 saturated carbocycles. The highest BCUT2D eigenvalue weighted by Gasteiger charge is 2.46. The predicted octanol–water partition coefficient (Wildman–Crippen LogP) is 20.6. The number of benzene rings is 13. The molecule has 0 fully saturated rings. The van der Waals surface area contributed by atoms with Crippen LogP contribution in [0, 0.1) is 0 Å². The zero-order chi connectivity index (χ0) is 53.4. The SMILES string of the molecule is c1ccc(-c2ccc(-n3c4ccccc4c4cc(-c5ccc6c(c5)c5ccccc5n6-c5ccccc5-c5cccc(-c6ccc(-c7cccc(C8(c9ccccc9)c9ccccc9-c9ccccc98)c7)cc6)c5)ccc43)cc2)cc1. The Kier molecular flexibility index (Phi) is 10.8. The van der Waals surface area contributed by atoms with E-state index in [0.29, 0.717) is 0 Å². The summed E-state index contributed by atoms with van der Waals surface area (Å²) >= 11 is 0. The molecule has 0 bridgehead atoms. The van der Waals surface area contributed by atoms with Crippen LogP contribution in [0.25, 0.3) is 122 Å². The fourth-order valence-corrected chi connectivity index (χ4v) is 13.6. The third-order valence-corrected chi connectivity index (χ3v) is 17.2. The van der Waals surface area contributed by atoms with Crippen molar-refractivity contribution in [3.63, 3.8) is 0 Å². The van der Waals surface area contributed by atoms with Gasteiger partial charge in [-0.25, -0.2) is 0 Å². The molecule has 2 nitrogen and oxygen atoms in total. The van der Waals surface area contributed by atoms with Crippen molar-refractivity contribution in [1.29, 1.82) is 0 Å². The fraction of sp³-hybridized carbons (Fsp3) is 0.0127. The van der Waals surface area contributed by atoms with Gasteiger partial charge in [-0.15, -0.1) is 0 Å². The van der Waals surface area contributed by atoms with Gasteiger partial charge in [0.15, 0.2) is 0 Å². The van der Waals surface area contributed by atoms with Gasteiger partial charge in [-0.3, -0.25) is 0 Å². The summed E-state index contributed by atoms with van der Waals surface area (Å²) < 4.78 is 4.86. The normalized spacial score (nSPS) is 12.5. The van der Waals surface area contributed by atoms with E-state index in [4.69, 9.17) is 0 Å². The van der Waals surface area contributed by atoms with Crippen LogP contribution in [0.2, 0.25) is 0 Å². The molecule has 0 N–H and O–H groups in total. The Labute approximate surface area is 471 Å². The summed E-state index contributed by atoms with van der Waals surface area (Å²) in [6, 6.07) is 116. The van der Waals surface area contributed by atoms with Gasteiger partial charge in [0.05, 0.1) is 33.2 Å². The molecular weight excluding hydrogens is 977 g/mol. The van der Waals surface area contributed by atoms with E-state index >= 15 is 0 Å². The monoisotopic (exact) mass is 1030 g/mol. The second-order valence-electron chi connectivity index (χ2n) is 21.5. The molecule has 2 heteroatoms. The average molecular weight is 1030 g/mol. The molecule has 0 unspecified atom stereocenters. The Morgan fingerprint density at radius 3 is 1.25 bits per heavy atom. The highest BCUT2D eigenvalue weighted by Crippen LogP contribution is 2.56. The van der Waals surface area contributed by atoms with Crippen molar-refractivity contribution in [2.24, 2.45) is 0 Å². The summed E-state index contributed by atoms with van der Waals surface area (Å²) in [5, 5.41) is 4.94. The molecule has 0 saturated heterocycles. The maximum atomic E-state index is 2.46. The first kappa shape index (κ1) is 46.5. The van der Waals surface area contributed by atoms with E-state index in [9.17, 15) is 0 Å². The quantitative estimate of drug-likeness (QED) is 0.136. The lowest BCUT2D eigenvalue weighted by molar-refractivity contribution is 0.769. The second-order valence-corrected chi connectivity index (χ2v) is 21.5. The fourth-order valence-electron chi connectivity index (χ4n) is 13.6. The Morgan fingerprint density at radius 2 is 0.605 bits per heavy atom. The minimum absolute atomic E-state index is 0.443. The Hall–Kier alpha value is -10.5. The zero-order valence-electron chi connectivity index (χ0n) is 44.4. The number of aromatic nitrogens is 2. The maximum Gasteiger partial charge on any atom is 0.0713 e. The van der Waals surface area contributed by atoms with E-state index in [1.165, 1.54) is 133 Å². The standard InChI is InChI=1S/C79H52N2/c1-3-19-53(20-4-1)54-41-45-64(46-42-54)80-75-35-15-10-30-68(75)70-51-59(43-47-77(70)80)60-44-48-78-71(52-60)69-31-11-16-36-76(69)81(78)74-34-14-9-27-65(74)61-23-17-21-57(49-61)55-37-39-56(40-38-55)58-22-18-26-63(50-58)79(62-24-5-2-6-25-62)72-32-12-7-28-66(72)67-29-8-13-33-73(67)79/h1-52H. The van der Waals surface area contributed by atoms with Gasteiger partial charge in [-0.2, -0.15) is 0 Å². The van der Waals surface area contributed by atoms with E-state index in [-0.39, 0.29) is 0 Å². The molecule has 0 spiro atoms. The summed E-state index contributed by atoms with van der Waals surface area (Å²) in [5.74, 6) is 0. The molecule has 0 radical (unpaired) electrons. The van der Waals surface area contributed by atoms with Crippen LogP contribution in [0.15, 0.2) is 315 Å². The van der Waals surface area contributed by atoms with Gasteiger partial charge >= 0.3 is 0 Å². The molecule has 378 valence electrons. The van der Waals surface area contributed by atoms with Crippen LogP contribution in [-0.2, 0) is 5.41 Å². The predicted molar refractivity (Wildman–Crippen MR) is 340 cm³/mol. The number of para-hydroxylation sites is 3. The van der Waals surface area contributed by atoms with Crippen molar-refractivity contribution in [3.05, 3.63) is 338 Å². The van der Waals surface area contributed by atoms with Crippen molar-refractivity contribution < 1.29 is 0 Å². The van der Waals surface area contributed by atoms with Crippen LogP contribution in [0.5, 0.6) is 0 Å². The van der Waals surface area contributed by atoms with E-state index < -0.39 is 5.41 Å². The Balaban J connectivity index is 0.736. The maximum absolute atomic E-state index is 2.46. The van der Waals surface area contributed by atoms with Crippen LogP contribution >= 0.6 is 0 Å². The molecule has 0 aliphatic heterocycles. The van der Waals surface area contributed by atoms with Crippen LogP contribution in [0.3, 0.4) is 0 Å². The van der Waals surface area contributed by atoms with E-state index in [0.717, 1.165) is 11.4 Å². The topological polar surface area (TPSA) is 9.86 Å². The van der Waals surface area contributed by atoms with Gasteiger partial charge in [0, 0.05) is 32.8 Å². The lowest BCUT2D eigenvalue weighted by Crippen LogP contribution is -2.28. The zero-order valence-corrected chi connectivity index (χ0v) is 44.4. The van der Waals surface area contributed by atoms with Crippen LogP contribution in [0.4, 0.5) is 0 Å². The number of hydrogen-bond acceptors (Lipinski definition) is 0. The molecule has 1 aliphatic rings. The van der Waals surface area contributed by atoms with E-state index in [1.807, 2.05) is 0 Å². The van der Waals surface area contributed by atoms with Gasteiger partial charge in [0.1, 0.15) is 0 Å². The Bertz CT molecular complexity index is 4860. The highest BCUT2D eigenvalue weighted by molar-refractivity contribution is 6.13. The molecule has 1 aliphatic carbocycles. The Morgan fingerprint density at radius 1 is 0.210 bits per heavy atom. The molecule has 81 heavy (non-hydrogen) atoms. The van der Waals surface area contributed by atoms with Gasteiger partial charge in [0.2, 0.25) is 0 Å². The molecule has 2 aromatic heterocycles. The first-order chi connectivity index (χ1) is 40.2. The third kappa shape index (κ3) is 7.42. The van der Waals surface area contributed by atoms with E-state index in [2.05, 4.69) is 325 Å². The van der Waals surface area contributed by atoms with Gasteiger partial charge in [-0.1, -0.05) is 249 Å².